The standard InChI is InChI=1S/C15H23N3O2/c1-10-7-8-12(11(2)9-10)17-14-6-4-5-13(16-3)15(14)18(19)20/h4-6,10-12,16-17H,7-9H2,1-3H3. The molecule has 0 saturated heterocycles. The van der Waals surface area contributed by atoms with Crippen LogP contribution in [0, 0.1) is 22.0 Å². The molecule has 0 aromatic heterocycles. The van der Waals surface area contributed by atoms with Crippen molar-refractivity contribution >= 4 is 17.1 Å². The molecule has 2 rings (SSSR count). The molecular weight excluding hydrogens is 254 g/mol. The number of para-hydroxylation sites is 1. The molecule has 0 spiro atoms. The van der Waals surface area contributed by atoms with Crippen LogP contribution in [0.3, 0.4) is 0 Å². The summed E-state index contributed by atoms with van der Waals surface area (Å²) >= 11 is 0. The van der Waals surface area contributed by atoms with Crippen molar-refractivity contribution in [3.8, 4) is 0 Å². The number of nitro benzene ring substituents is 1. The Kier molecular flexibility index (Phi) is 4.47. The molecule has 1 saturated carbocycles. The van der Waals surface area contributed by atoms with Crippen molar-refractivity contribution < 1.29 is 4.92 Å². The van der Waals surface area contributed by atoms with Crippen LogP contribution in [0.5, 0.6) is 0 Å². The fourth-order valence-corrected chi connectivity index (χ4v) is 3.14. The number of hydrogen-bond acceptors (Lipinski definition) is 4. The lowest BCUT2D eigenvalue weighted by Crippen LogP contribution is -2.33. The predicted molar refractivity (Wildman–Crippen MR) is 82.2 cm³/mol. The van der Waals surface area contributed by atoms with E-state index in [1.807, 2.05) is 6.07 Å². The van der Waals surface area contributed by atoms with E-state index in [1.54, 1.807) is 19.2 Å². The van der Waals surface area contributed by atoms with Gasteiger partial charge in [0.1, 0.15) is 11.4 Å². The van der Waals surface area contributed by atoms with Crippen LogP contribution < -0.4 is 10.6 Å². The molecule has 20 heavy (non-hydrogen) atoms. The third-order valence-corrected chi connectivity index (χ3v) is 4.26. The molecule has 3 unspecified atom stereocenters. The number of nitro groups is 1. The van der Waals surface area contributed by atoms with E-state index in [0.29, 0.717) is 23.3 Å². The molecule has 5 nitrogen and oxygen atoms in total. The Morgan fingerprint density at radius 2 is 1.95 bits per heavy atom. The van der Waals surface area contributed by atoms with Gasteiger partial charge in [0, 0.05) is 13.1 Å². The first kappa shape index (κ1) is 14.6. The molecule has 110 valence electrons. The van der Waals surface area contributed by atoms with E-state index in [2.05, 4.69) is 24.5 Å². The molecule has 0 aliphatic heterocycles. The zero-order valence-corrected chi connectivity index (χ0v) is 12.3. The van der Waals surface area contributed by atoms with Crippen LogP contribution in [0.15, 0.2) is 18.2 Å². The van der Waals surface area contributed by atoms with E-state index in [-0.39, 0.29) is 10.6 Å². The minimum Gasteiger partial charge on any atom is -0.382 e. The average molecular weight is 277 g/mol. The maximum atomic E-state index is 11.3. The van der Waals surface area contributed by atoms with Gasteiger partial charge in [0.15, 0.2) is 0 Å². The number of rotatable bonds is 4. The van der Waals surface area contributed by atoms with Gasteiger partial charge < -0.3 is 10.6 Å². The van der Waals surface area contributed by atoms with Gasteiger partial charge in [-0.25, -0.2) is 0 Å². The monoisotopic (exact) mass is 277 g/mol. The van der Waals surface area contributed by atoms with Gasteiger partial charge in [-0.05, 0) is 43.2 Å². The first-order valence-corrected chi connectivity index (χ1v) is 7.24. The van der Waals surface area contributed by atoms with E-state index in [4.69, 9.17) is 0 Å². The molecule has 1 aliphatic carbocycles. The van der Waals surface area contributed by atoms with Crippen molar-refractivity contribution in [2.75, 3.05) is 17.7 Å². The number of anilines is 2. The van der Waals surface area contributed by atoms with Gasteiger partial charge in [-0.15, -0.1) is 0 Å². The van der Waals surface area contributed by atoms with Gasteiger partial charge in [-0.2, -0.15) is 0 Å². The quantitative estimate of drug-likeness (QED) is 0.647. The molecule has 3 atom stereocenters. The highest BCUT2D eigenvalue weighted by atomic mass is 16.6. The summed E-state index contributed by atoms with van der Waals surface area (Å²) in [6, 6.07) is 5.69. The molecule has 2 N–H and O–H groups in total. The minimum atomic E-state index is -0.315. The summed E-state index contributed by atoms with van der Waals surface area (Å²) in [5.74, 6) is 1.29. The average Bonchev–Trinajstić information content (AvgIpc) is 2.41. The van der Waals surface area contributed by atoms with Crippen molar-refractivity contribution in [3.05, 3.63) is 28.3 Å². The maximum absolute atomic E-state index is 11.3. The Morgan fingerprint density at radius 3 is 2.55 bits per heavy atom. The fraction of sp³-hybridized carbons (Fsp3) is 0.600. The van der Waals surface area contributed by atoms with Crippen LogP contribution in [-0.4, -0.2) is 18.0 Å². The van der Waals surface area contributed by atoms with Gasteiger partial charge in [0.2, 0.25) is 0 Å². The van der Waals surface area contributed by atoms with Gasteiger partial charge in [0.05, 0.1) is 4.92 Å². The molecule has 0 bridgehead atoms. The molecular formula is C15H23N3O2. The zero-order valence-electron chi connectivity index (χ0n) is 12.3. The summed E-state index contributed by atoms with van der Waals surface area (Å²) in [5.41, 5.74) is 1.31. The second-order valence-electron chi connectivity index (χ2n) is 5.86. The normalized spacial score (nSPS) is 26.1. The van der Waals surface area contributed by atoms with Crippen molar-refractivity contribution in [2.45, 2.75) is 39.2 Å². The van der Waals surface area contributed by atoms with Gasteiger partial charge in [-0.1, -0.05) is 19.9 Å². The molecule has 1 aromatic rings. The second-order valence-corrected chi connectivity index (χ2v) is 5.86. The minimum absolute atomic E-state index is 0.140. The SMILES string of the molecule is CNc1cccc(NC2CCC(C)CC2C)c1[N+](=O)[O-]. The lowest BCUT2D eigenvalue weighted by molar-refractivity contribution is -0.383. The van der Waals surface area contributed by atoms with Crippen LogP contribution in [0.1, 0.15) is 33.1 Å². The van der Waals surface area contributed by atoms with Gasteiger partial charge in [0.25, 0.3) is 0 Å². The van der Waals surface area contributed by atoms with Crippen LogP contribution >= 0.6 is 0 Å². The van der Waals surface area contributed by atoms with Crippen molar-refractivity contribution in [3.63, 3.8) is 0 Å². The largest absolute Gasteiger partial charge is 0.382 e. The van der Waals surface area contributed by atoms with Crippen molar-refractivity contribution in [2.24, 2.45) is 11.8 Å². The Balaban J connectivity index is 2.23. The smallest absolute Gasteiger partial charge is 0.315 e. The highest BCUT2D eigenvalue weighted by Crippen LogP contribution is 2.36. The third-order valence-electron chi connectivity index (χ3n) is 4.26. The highest BCUT2D eigenvalue weighted by molar-refractivity contribution is 5.76. The number of nitrogens with one attached hydrogen (secondary N) is 2. The fourth-order valence-electron chi connectivity index (χ4n) is 3.14. The first-order valence-electron chi connectivity index (χ1n) is 7.24. The Morgan fingerprint density at radius 1 is 1.25 bits per heavy atom. The highest BCUT2D eigenvalue weighted by Gasteiger charge is 2.28. The van der Waals surface area contributed by atoms with E-state index in [1.165, 1.54) is 12.8 Å². The molecule has 0 heterocycles. The Bertz CT molecular complexity index is 490. The van der Waals surface area contributed by atoms with Crippen LogP contribution in [0.25, 0.3) is 0 Å². The van der Waals surface area contributed by atoms with Crippen molar-refractivity contribution in [1.82, 2.24) is 0 Å². The van der Waals surface area contributed by atoms with Gasteiger partial charge >= 0.3 is 5.69 Å². The topological polar surface area (TPSA) is 67.2 Å². The molecule has 5 heteroatoms. The lowest BCUT2D eigenvalue weighted by Gasteiger charge is -2.33. The van der Waals surface area contributed by atoms with Crippen LogP contribution in [-0.2, 0) is 0 Å². The lowest BCUT2D eigenvalue weighted by atomic mass is 9.80. The third kappa shape index (κ3) is 3.03. The zero-order chi connectivity index (χ0) is 14.7. The van der Waals surface area contributed by atoms with Crippen LogP contribution in [0.4, 0.5) is 17.1 Å². The molecule has 0 radical (unpaired) electrons. The summed E-state index contributed by atoms with van der Waals surface area (Å²) in [5, 5.41) is 17.6. The van der Waals surface area contributed by atoms with E-state index in [0.717, 1.165) is 12.3 Å². The van der Waals surface area contributed by atoms with Gasteiger partial charge in [-0.3, -0.25) is 10.1 Å². The number of nitrogens with zero attached hydrogens (tertiary/aromatic N) is 1. The van der Waals surface area contributed by atoms with Crippen LogP contribution in [0.2, 0.25) is 0 Å². The molecule has 1 aromatic carbocycles. The first-order chi connectivity index (χ1) is 9.52. The predicted octanol–water partition coefficient (Wildman–Crippen LogP) is 3.87. The summed E-state index contributed by atoms with van der Waals surface area (Å²) in [6.07, 6.45) is 3.43. The number of hydrogen-bond donors (Lipinski definition) is 2. The summed E-state index contributed by atoms with van der Waals surface area (Å²) in [4.78, 5) is 11.0. The molecule has 0 amide bonds. The Hall–Kier alpha value is -1.78. The molecule has 1 aliphatic rings. The number of benzene rings is 1. The summed E-state index contributed by atoms with van der Waals surface area (Å²) in [6.45, 7) is 4.50. The Labute approximate surface area is 119 Å². The summed E-state index contributed by atoms with van der Waals surface area (Å²) < 4.78 is 0. The maximum Gasteiger partial charge on any atom is 0.315 e. The molecule has 1 fully saturated rings. The second kappa shape index (κ2) is 6.11. The summed E-state index contributed by atoms with van der Waals surface area (Å²) in [7, 11) is 1.71. The van der Waals surface area contributed by atoms with Crippen molar-refractivity contribution in [1.29, 1.82) is 0 Å². The van der Waals surface area contributed by atoms with E-state index >= 15 is 0 Å². The van der Waals surface area contributed by atoms with E-state index in [9.17, 15) is 10.1 Å². The van der Waals surface area contributed by atoms with E-state index < -0.39 is 0 Å².